The third kappa shape index (κ3) is 3.22. The van der Waals surface area contributed by atoms with Crippen molar-refractivity contribution in [3.05, 3.63) is 56.2 Å². The zero-order valence-electron chi connectivity index (χ0n) is 11.5. The fraction of sp³-hybridized carbons (Fsp3) is 0.200. The molecule has 2 aromatic carbocycles. The fourth-order valence-electron chi connectivity index (χ4n) is 2.06. The van der Waals surface area contributed by atoms with Crippen LogP contribution in [0.5, 0.6) is 11.5 Å². The monoisotopic (exact) mass is 417 g/mol. The Morgan fingerprint density at radius 1 is 1.00 bits per heavy atom. The molecule has 0 aromatic heterocycles. The molecule has 0 saturated carbocycles. The number of rotatable bonds is 4. The van der Waals surface area contributed by atoms with E-state index in [-0.39, 0.29) is 5.82 Å². The van der Waals surface area contributed by atoms with Gasteiger partial charge in [0.1, 0.15) is 17.3 Å². The van der Waals surface area contributed by atoms with Crippen LogP contribution in [-0.4, -0.2) is 14.2 Å². The molecule has 6 heteroatoms. The Labute approximate surface area is 139 Å². The summed E-state index contributed by atoms with van der Waals surface area (Å²) < 4.78 is 25.9. The molecule has 112 valence electrons. The molecule has 0 spiro atoms. The predicted molar refractivity (Wildman–Crippen MR) is 87.4 cm³/mol. The zero-order valence-corrected chi connectivity index (χ0v) is 14.7. The molecule has 0 aliphatic carbocycles. The normalized spacial score (nSPS) is 12.1. The lowest BCUT2D eigenvalue weighted by molar-refractivity contribution is 0.394. The van der Waals surface area contributed by atoms with Crippen LogP contribution in [0, 0.1) is 5.82 Å². The molecule has 0 heterocycles. The number of hydrogen-bond acceptors (Lipinski definition) is 3. The van der Waals surface area contributed by atoms with E-state index in [4.69, 9.17) is 15.2 Å². The van der Waals surface area contributed by atoms with Crippen molar-refractivity contribution in [2.24, 2.45) is 5.73 Å². The van der Waals surface area contributed by atoms with E-state index in [9.17, 15) is 4.39 Å². The van der Waals surface area contributed by atoms with Crippen molar-refractivity contribution in [3.63, 3.8) is 0 Å². The van der Waals surface area contributed by atoms with Crippen LogP contribution in [0.3, 0.4) is 0 Å². The second kappa shape index (κ2) is 6.77. The van der Waals surface area contributed by atoms with Crippen LogP contribution in [0.2, 0.25) is 0 Å². The highest BCUT2D eigenvalue weighted by atomic mass is 79.9. The summed E-state index contributed by atoms with van der Waals surface area (Å²) in [6.07, 6.45) is 0. The maximum Gasteiger partial charge on any atom is 0.142 e. The Balaban J connectivity index is 2.56. The molecule has 0 saturated heterocycles. The third-order valence-electron chi connectivity index (χ3n) is 3.16. The topological polar surface area (TPSA) is 44.5 Å². The summed E-state index contributed by atoms with van der Waals surface area (Å²) >= 11 is 6.55. The number of ether oxygens (including phenoxy) is 2. The Hall–Kier alpha value is -1.11. The van der Waals surface area contributed by atoms with Crippen molar-refractivity contribution in [3.8, 4) is 11.5 Å². The van der Waals surface area contributed by atoms with Crippen molar-refractivity contribution in [1.82, 2.24) is 0 Å². The molecular weight excluding hydrogens is 405 g/mol. The van der Waals surface area contributed by atoms with Gasteiger partial charge in [-0.15, -0.1) is 0 Å². The van der Waals surface area contributed by atoms with E-state index in [0.717, 1.165) is 4.47 Å². The van der Waals surface area contributed by atoms with Crippen LogP contribution in [0.25, 0.3) is 0 Å². The lowest BCUT2D eigenvalue weighted by Crippen LogP contribution is -2.15. The molecule has 0 aliphatic heterocycles. The third-order valence-corrected chi connectivity index (χ3v) is 4.39. The molecule has 1 unspecified atom stereocenters. The second-order valence-corrected chi connectivity index (χ2v) is 6.06. The van der Waals surface area contributed by atoms with Gasteiger partial charge in [-0.2, -0.15) is 0 Å². The second-order valence-electron chi connectivity index (χ2n) is 4.35. The quantitative estimate of drug-likeness (QED) is 0.799. The molecule has 21 heavy (non-hydrogen) atoms. The molecule has 0 amide bonds. The predicted octanol–water partition coefficient (Wildman–Crippen LogP) is 4.42. The maximum absolute atomic E-state index is 14.2. The number of hydrogen-bond donors (Lipinski definition) is 1. The van der Waals surface area contributed by atoms with Gasteiger partial charge >= 0.3 is 0 Å². The van der Waals surface area contributed by atoms with E-state index in [2.05, 4.69) is 31.9 Å². The summed E-state index contributed by atoms with van der Waals surface area (Å²) in [5.74, 6) is 0.792. The molecule has 0 fully saturated rings. The minimum atomic E-state index is -0.667. The van der Waals surface area contributed by atoms with E-state index in [0.29, 0.717) is 27.1 Å². The molecule has 0 radical (unpaired) electrons. The first-order valence-electron chi connectivity index (χ1n) is 6.10. The highest BCUT2D eigenvalue weighted by molar-refractivity contribution is 9.10. The van der Waals surface area contributed by atoms with E-state index in [1.54, 1.807) is 44.6 Å². The van der Waals surface area contributed by atoms with Crippen LogP contribution in [0.1, 0.15) is 17.2 Å². The van der Waals surface area contributed by atoms with E-state index < -0.39 is 6.04 Å². The van der Waals surface area contributed by atoms with Gasteiger partial charge in [-0.1, -0.05) is 12.1 Å². The zero-order chi connectivity index (χ0) is 15.6. The number of benzene rings is 2. The largest absolute Gasteiger partial charge is 0.496 e. The molecule has 0 aliphatic rings. The Morgan fingerprint density at radius 2 is 1.67 bits per heavy atom. The van der Waals surface area contributed by atoms with Crippen LogP contribution < -0.4 is 15.2 Å². The SMILES string of the molecule is COc1cc(C(N)c2cccc(Br)c2F)c(OC)cc1Br. The Kier molecular flexibility index (Phi) is 5.24. The van der Waals surface area contributed by atoms with Crippen molar-refractivity contribution in [2.75, 3.05) is 14.2 Å². The minimum absolute atomic E-state index is 0.374. The first kappa shape index (κ1) is 16.3. The number of nitrogens with two attached hydrogens (primary N) is 1. The Morgan fingerprint density at radius 3 is 2.29 bits per heavy atom. The summed E-state index contributed by atoms with van der Waals surface area (Å²) in [7, 11) is 3.10. The van der Waals surface area contributed by atoms with Crippen molar-refractivity contribution in [1.29, 1.82) is 0 Å². The minimum Gasteiger partial charge on any atom is -0.496 e. The van der Waals surface area contributed by atoms with Crippen LogP contribution >= 0.6 is 31.9 Å². The molecule has 3 nitrogen and oxygen atoms in total. The summed E-state index contributed by atoms with van der Waals surface area (Å²) in [6.45, 7) is 0. The van der Waals surface area contributed by atoms with Gasteiger partial charge in [-0.05, 0) is 50.1 Å². The molecule has 1 atom stereocenters. The van der Waals surface area contributed by atoms with E-state index in [1.165, 1.54) is 0 Å². The smallest absolute Gasteiger partial charge is 0.142 e. The van der Waals surface area contributed by atoms with Gasteiger partial charge in [0.05, 0.1) is 29.2 Å². The first-order chi connectivity index (χ1) is 9.99. The first-order valence-corrected chi connectivity index (χ1v) is 7.69. The average molecular weight is 419 g/mol. The van der Waals surface area contributed by atoms with Crippen LogP contribution in [-0.2, 0) is 0 Å². The Bertz CT molecular complexity index is 664. The molecule has 2 N–H and O–H groups in total. The fourth-order valence-corrected chi connectivity index (χ4v) is 2.92. The molecular formula is C15H14Br2FNO2. The van der Waals surface area contributed by atoms with Gasteiger partial charge in [0.15, 0.2) is 0 Å². The van der Waals surface area contributed by atoms with Gasteiger partial charge in [-0.3, -0.25) is 0 Å². The van der Waals surface area contributed by atoms with Gasteiger partial charge < -0.3 is 15.2 Å². The van der Waals surface area contributed by atoms with E-state index >= 15 is 0 Å². The average Bonchev–Trinajstić information content (AvgIpc) is 2.49. The molecule has 2 aromatic rings. The summed E-state index contributed by atoms with van der Waals surface area (Å²) in [4.78, 5) is 0. The summed E-state index contributed by atoms with van der Waals surface area (Å²) in [5, 5.41) is 0. The number of methoxy groups -OCH3 is 2. The highest BCUT2D eigenvalue weighted by Gasteiger charge is 2.21. The van der Waals surface area contributed by atoms with Crippen molar-refractivity contribution in [2.45, 2.75) is 6.04 Å². The van der Waals surface area contributed by atoms with Crippen LogP contribution in [0.4, 0.5) is 4.39 Å². The summed E-state index contributed by atoms with van der Waals surface area (Å²) in [6, 6.07) is 7.85. The van der Waals surface area contributed by atoms with Crippen molar-refractivity contribution >= 4 is 31.9 Å². The highest BCUT2D eigenvalue weighted by Crippen LogP contribution is 2.38. The van der Waals surface area contributed by atoms with E-state index in [1.807, 2.05) is 0 Å². The van der Waals surface area contributed by atoms with Gasteiger partial charge in [0.25, 0.3) is 0 Å². The molecule has 2 rings (SSSR count). The van der Waals surface area contributed by atoms with Crippen LogP contribution in [0.15, 0.2) is 39.3 Å². The summed E-state index contributed by atoms with van der Waals surface area (Å²) in [5.41, 5.74) is 7.25. The lowest BCUT2D eigenvalue weighted by Gasteiger charge is -2.19. The maximum atomic E-state index is 14.2. The lowest BCUT2D eigenvalue weighted by atomic mass is 9.98. The van der Waals surface area contributed by atoms with Gasteiger partial charge in [0, 0.05) is 11.1 Å². The standard InChI is InChI=1S/C15H14Br2FNO2/c1-20-12-7-11(17)13(21-2)6-9(12)15(19)8-4-3-5-10(16)14(8)18/h3-7,15H,19H2,1-2H3. The van der Waals surface area contributed by atoms with Gasteiger partial charge in [-0.25, -0.2) is 4.39 Å². The number of halogens is 3. The van der Waals surface area contributed by atoms with Crippen molar-refractivity contribution < 1.29 is 13.9 Å². The molecule has 0 bridgehead atoms. The van der Waals surface area contributed by atoms with Gasteiger partial charge in [0.2, 0.25) is 0 Å².